The molecule has 1 aromatic carbocycles. The summed E-state index contributed by atoms with van der Waals surface area (Å²) >= 11 is 0. The van der Waals surface area contributed by atoms with E-state index in [1.165, 1.54) is 5.56 Å². The van der Waals surface area contributed by atoms with Crippen molar-refractivity contribution < 1.29 is 9.47 Å². The zero-order valence-corrected chi connectivity index (χ0v) is 9.46. The van der Waals surface area contributed by atoms with E-state index in [-0.39, 0.29) is 0 Å². The van der Waals surface area contributed by atoms with E-state index >= 15 is 0 Å². The number of benzene rings is 1. The maximum atomic E-state index is 5.20. The molecule has 0 saturated heterocycles. The highest BCUT2D eigenvalue weighted by molar-refractivity contribution is 5.43. The zero-order valence-electron chi connectivity index (χ0n) is 9.46. The second kappa shape index (κ2) is 6.10. The molecule has 80 valence electrons. The Morgan fingerprint density at radius 2 is 2.00 bits per heavy atom. The molecule has 0 spiro atoms. The van der Waals surface area contributed by atoms with Crippen molar-refractivity contribution in [2.75, 3.05) is 20.8 Å². The molecular weight excluding hydrogens is 188 g/mol. The summed E-state index contributed by atoms with van der Waals surface area (Å²) in [6.45, 7) is 2.57. The molecule has 0 bridgehead atoms. The first-order valence-corrected chi connectivity index (χ1v) is 4.96. The van der Waals surface area contributed by atoms with Crippen LogP contribution in [-0.2, 0) is 11.2 Å². The zero-order chi connectivity index (χ0) is 11.1. The van der Waals surface area contributed by atoms with Gasteiger partial charge in [0.25, 0.3) is 0 Å². The quantitative estimate of drug-likeness (QED) is 0.703. The van der Waals surface area contributed by atoms with Crippen LogP contribution in [0.1, 0.15) is 18.1 Å². The van der Waals surface area contributed by atoms with Crippen molar-refractivity contribution in [3.63, 3.8) is 0 Å². The number of ether oxygens (including phenoxy) is 2. The Morgan fingerprint density at radius 1 is 1.20 bits per heavy atom. The van der Waals surface area contributed by atoms with Gasteiger partial charge in [0, 0.05) is 12.7 Å². The predicted octanol–water partition coefficient (Wildman–Crippen LogP) is 2.26. The number of methoxy groups -OCH3 is 2. The Labute approximate surface area is 91.2 Å². The molecule has 0 amide bonds. The molecule has 0 N–H and O–H groups in total. The highest BCUT2D eigenvalue weighted by Gasteiger charge is 1.97. The predicted molar refractivity (Wildman–Crippen MR) is 61.1 cm³/mol. The molecule has 2 heteroatoms. The van der Waals surface area contributed by atoms with Gasteiger partial charge in [-0.3, -0.25) is 0 Å². The summed E-state index contributed by atoms with van der Waals surface area (Å²) < 4.78 is 10.1. The molecular formula is C13H16O2. The van der Waals surface area contributed by atoms with Crippen LogP contribution in [0.25, 0.3) is 0 Å². The van der Waals surface area contributed by atoms with Gasteiger partial charge in [0.1, 0.15) is 12.4 Å². The minimum atomic E-state index is 0.457. The average Bonchev–Trinajstić information content (AvgIpc) is 2.29. The van der Waals surface area contributed by atoms with Crippen LogP contribution < -0.4 is 4.74 Å². The topological polar surface area (TPSA) is 18.5 Å². The standard InChI is InChI=1S/C13H16O2/c1-4-11-8-12(6-5-7-14-2)10-13(9-11)15-3/h8-10H,4,7H2,1-3H3. The second-order valence-electron chi connectivity index (χ2n) is 3.16. The van der Waals surface area contributed by atoms with E-state index in [2.05, 4.69) is 24.8 Å². The molecule has 0 unspecified atom stereocenters. The summed E-state index contributed by atoms with van der Waals surface area (Å²) in [6.07, 6.45) is 0.982. The van der Waals surface area contributed by atoms with E-state index in [1.54, 1.807) is 14.2 Å². The van der Waals surface area contributed by atoms with Gasteiger partial charge < -0.3 is 9.47 Å². The van der Waals surface area contributed by atoms with Crippen LogP contribution >= 0.6 is 0 Å². The Hall–Kier alpha value is -1.46. The van der Waals surface area contributed by atoms with Crippen molar-refractivity contribution in [2.24, 2.45) is 0 Å². The first-order valence-electron chi connectivity index (χ1n) is 4.96. The van der Waals surface area contributed by atoms with Gasteiger partial charge in [0.2, 0.25) is 0 Å². The van der Waals surface area contributed by atoms with Gasteiger partial charge in [0.05, 0.1) is 7.11 Å². The van der Waals surface area contributed by atoms with Gasteiger partial charge in [-0.1, -0.05) is 18.8 Å². The normalized spacial score (nSPS) is 9.27. The lowest BCUT2D eigenvalue weighted by atomic mass is 10.1. The lowest BCUT2D eigenvalue weighted by molar-refractivity contribution is 0.240. The molecule has 0 saturated carbocycles. The van der Waals surface area contributed by atoms with Crippen LogP contribution in [-0.4, -0.2) is 20.8 Å². The number of rotatable bonds is 3. The lowest BCUT2D eigenvalue weighted by Gasteiger charge is -2.03. The van der Waals surface area contributed by atoms with E-state index in [4.69, 9.17) is 9.47 Å². The van der Waals surface area contributed by atoms with Crippen molar-refractivity contribution in [2.45, 2.75) is 13.3 Å². The Balaban J connectivity index is 2.93. The van der Waals surface area contributed by atoms with E-state index in [1.807, 2.05) is 12.1 Å². The highest BCUT2D eigenvalue weighted by Crippen LogP contribution is 2.16. The summed E-state index contributed by atoms with van der Waals surface area (Å²) in [6, 6.07) is 6.04. The van der Waals surface area contributed by atoms with Crippen molar-refractivity contribution in [3.05, 3.63) is 29.3 Å². The van der Waals surface area contributed by atoms with Crippen molar-refractivity contribution in [1.82, 2.24) is 0 Å². The van der Waals surface area contributed by atoms with Gasteiger partial charge in [-0.05, 0) is 30.2 Å². The maximum absolute atomic E-state index is 5.20. The molecule has 0 aliphatic rings. The molecule has 1 aromatic rings. The van der Waals surface area contributed by atoms with Gasteiger partial charge in [0.15, 0.2) is 0 Å². The second-order valence-corrected chi connectivity index (χ2v) is 3.16. The monoisotopic (exact) mass is 204 g/mol. The third kappa shape index (κ3) is 3.65. The fourth-order valence-corrected chi connectivity index (χ4v) is 1.27. The summed E-state index contributed by atoms with van der Waals surface area (Å²) in [5.41, 5.74) is 2.21. The highest BCUT2D eigenvalue weighted by atomic mass is 16.5. The van der Waals surface area contributed by atoms with Gasteiger partial charge >= 0.3 is 0 Å². The third-order valence-electron chi connectivity index (χ3n) is 2.06. The van der Waals surface area contributed by atoms with Crippen LogP contribution in [0, 0.1) is 11.8 Å². The number of hydrogen-bond donors (Lipinski definition) is 0. The molecule has 1 rings (SSSR count). The fraction of sp³-hybridized carbons (Fsp3) is 0.385. The van der Waals surface area contributed by atoms with E-state index < -0.39 is 0 Å². The summed E-state index contributed by atoms with van der Waals surface area (Å²) in [4.78, 5) is 0. The number of aryl methyl sites for hydroxylation is 1. The molecule has 15 heavy (non-hydrogen) atoms. The van der Waals surface area contributed by atoms with Crippen molar-refractivity contribution in [3.8, 4) is 17.6 Å². The Morgan fingerprint density at radius 3 is 2.60 bits per heavy atom. The molecule has 0 radical (unpaired) electrons. The minimum Gasteiger partial charge on any atom is -0.497 e. The van der Waals surface area contributed by atoms with Crippen LogP contribution in [0.4, 0.5) is 0 Å². The van der Waals surface area contributed by atoms with E-state index in [0.717, 1.165) is 17.7 Å². The Kier molecular flexibility index (Phi) is 4.73. The summed E-state index contributed by atoms with van der Waals surface area (Å²) in [7, 11) is 3.30. The van der Waals surface area contributed by atoms with Crippen molar-refractivity contribution in [1.29, 1.82) is 0 Å². The van der Waals surface area contributed by atoms with E-state index in [9.17, 15) is 0 Å². The molecule has 0 fully saturated rings. The Bertz CT molecular complexity index is 350. The molecule has 0 aliphatic heterocycles. The third-order valence-corrected chi connectivity index (χ3v) is 2.06. The van der Waals surface area contributed by atoms with Crippen LogP contribution in [0.3, 0.4) is 0 Å². The molecule has 0 heterocycles. The SMILES string of the molecule is CCc1cc(C#CCOC)cc(OC)c1. The summed E-state index contributed by atoms with van der Waals surface area (Å²) in [5.74, 6) is 6.82. The van der Waals surface area contributed by atoms with Crippen molar-refractivity contribution >= 4 is 0 Å². The van der Waals surface area contributed by atoms with Crippen LogP contribution in [0.5, 0.6) is 5.75 Å². The average molecular weight is 204 g/mol. The summed E-state index contributed by atoms with van der Waals surface area (Å²) in [5, 5.41) is 0. The van der Waals surface area contributed by atoms with Crippen LogP contribution in [0.15, 0.2) is 18.2 Å². The smallest absolute Gasteiger partial charge is 0.120 e. The molecule has 0 atom stereocenters. The van der Waals surface area contributed by atoms with Gasteiger partial charge in [-0.15, -0.1) is 0 Å². The largest absolute Gasteiger partial charge is 0.497 e. The molecule has 2 nitrogen and oxygen atoms in total. The maximum Gasteiger partial charge on any atom is 0.120 e. The first-order chi connectivity index (χ1) is 7.30. The first kappa shape index (κ1) is 11.6. The van der Waals surface area contributed by atoms with Gasteiger partial charge in [-0.25, -0.2) is 0 Å². The van der Waals surface area contributed by atoms with Crippen LogP contribution in [0.2, 0.25) is 0 Å². The van der Waals surface area contributed by atoms with Gasteiger partial charge in [-0.2, -0.15) is 0 Å². The fourth-order valence-electron chi connectivity index (χ4n) is 1.27. The lowest BCUT2D eigenvalue weighted by Crippen LogP contribution is -1.89. The molecule has 0 aromatic heterocycles. The molecule has 0 aliphatic carbocycles. The van der Waals surface area contributed by atoms with E-state index in [0.29, 0.717) is 6.61 Å². The number of hydrogen-bond acceptors (Lipinski definition) is 2. The minimum absolute atomic E-state index is 0.457.